The van der Waals surface area contributed by atoms with E-state index in [0.29, 0.717) is 35.8 Å². The van der Waals surface area contributed by atoms with Crippen LogP contribution in [-0.4, -0.2) is 67.3 Å². The SMILES string of the molecule is COCCNC(=O)c1ccc2nn(CC3CCN(C)CC3)cc2c1C.Cc1cc(C#N)ccc1-c1ccc(C=O)cc1. The van der Waals surface area contributed by atoms with Crippen molar-refractivity contribution < 1.29 is 14.3 Å². The van der Waals surface area contributed by atoms with E-state index >= 15 is 0 Å². The lowest BCUT2D eigenvalue weighted by atomic mass is 9.97. The zero-order valence-electron chi connectivity index (χ0n) is 24.9. The number of carbonyl (C=O) groups is 2. The number of piperidine rings is 1. The van der Waals surface area contributed by atoms with E-state index < -0.39 is 0 Å². The van der Waals surface area contributed by atoms with Crippen LogP contribution in [-0.2, 0) is 11.3 Å². The molecule has 0 aliphatic carbocycles. The predicted octanol–water partition coefficient (Wildman–Crippen LogP) is 5.41. The normalized spacial score (nSPS) is 13.7. The third kappa shape index (κ3) is 7.69. The molecule has 1 aliphatic rings. The number of rotatable bonds is 8. The fourth-order valence-electron chi connectivity index (χ4n) is 5.29. The molecule has 5 rings (SSSR count). The first-order chi connectivity index (χ1) is 20.3. The number of aromatic nitrogens is 2. The number of nitriles is 1. The van der Waals surface area contributed by atoms with Crippen molar-refractivity contribution in [3.05, 3.63) is 88.6 Å². The zero-order chi connectivity index (χ0) is 30.1. The molecule has 8 nitrogen and oxygen atoms in total. The number of ether oxygens (including phenoxy) is 1. The number of aryl methyl sites for hydroxylation is 2. The van der Waals surface area contributed by atoms with E-state index in [0.717, 1.165) is 59.1 Å². The molecule has 1 N–H and O–H groups in total. The first-order valence-corrected chi connectivity index (χ1v) is 14.3. The fraction of sp³-hybridized carbons (Fsp3) is 0.353. The van der Waals surface area contributed by atoms with E-state index in [1.165, 1.54) is 12.8 Å². The quantitative estimate of drug-likeness (QED) is 0.227. The minimum absolute atomic E-state index is 0.0560. The van der Waals surface area contributed by atoms with Gasteiger partial charge >= 0.3 is 0 Å². The Balaban J connectivity index is 0.000000208. The summed E-state index contributed by atoms with van der Waals surface area (Å²) >= 11 is 0. The molecule has 0 radical (unpaired) electrons. The minimum atomic E-state index is -0.0560. The number of hydrogen-bond acceptors (Lipinski definition) is 6. The highest BCUT2D eigenvalue weighted by Gasteiger charge is 2.19. The van der Waals surface area contributed by atoms with Gasteiger partial charge < -0.3 is 15.0 Å². The van der Waals surface area contributed by atoms with Crippen LogP contribution in [0.4, 0.5) is 0 Å². The number of methoxy groups -OCH3 is 1. The van der Waals surface area contributed by atoms with Crippen LogP contribution >= 0.6 is 0 Å². The minimum Gasteiger partial charge on any atom is -0.383 e. The van der Waals surface area contributed by atoms with Gasteiger partial charge in [-0.3, -0.25) is 14.3 Å². The van der Waals surface area contributed by atoms with Crippen LogP contribution in [0.1, 0.15) is 50.2 Å². The van der Waals surface area contributed by atoms with Gasteiger partial charge in [0.15, 0.2) is 0 Å². The van der Waals surface area contributed by atoms with Crippen molar-refractivity contribution >= 4 is 23.1 Å². The second kappa shape index (κ2) is 14.5. The molecule has 0 atom stereocenters. The maximum atomic E-state index is 12.3. The molecule has 1 fully saturated rings. The molecule has 1 amide bonds. The summed E-state index contributed by atoms with van der Waals surface area (Å²) in [5.41, 5.74) is 7.18. The Kier molecular flexibility index (Phi) is 10.6. The molecule has 3 aromatic carbocycles. The molecule has 1 saturated heterocycles. The lowest BCUT2D eigenvalue weighted by molar-refractivity contribution is 0.0936. The van der Waals surface area contributed by atoms with Crippen LogP contribution in [0.2, 0.25) is 0 Å². The summed E-state index contributed by atoms with van der Waals surface area (Å²) in [5.74, 6) is 0.627. The highest BCUT2D eigenvalue weighted by atomic mass is 16.5. The number of benzene rings is 3. The van der Waals surface area contributed by atoms with Crippen LogP contribution in [0.3, 0.4) is 0 Å². The number of aldehydes is 1. The van der Waals surface area contributed by atoms with E-state index in [-0.39, 0.29) is 5.91 Å². The molecule has 2 heterocycles. The van der Waals surface area contributed by atoms with Gasteiger partial charge in [0.25, 0.3) is 5.91 Å². The second-order valence-electron chi connectivity index (χ2n) is 10.9. The first-order valence-electron chi connectivity index (χ1n) is 14.3. The highest BCUT2D eigenvalue weighted by Crippen LogP contribution is 2.25. The second-order valence-corrected chi connectivity index (χ2v) is 10.9. The van der Waals surface area contributed by atoms with Gasteiger partial charge in [-0.15, -0.1) is 0 Å². The lowest BCUT2D eigenvalue weighted by Gasteiger charge is -2.28. The smallest absolute Gasteiger partial charge is 0.251 e. The Morgan fingerprint density at radius 3 is 2.50 bits per heavy atom. The molecule has 8 heteroatoms. The zero-order valence-corrected chi connectivity index (χ0v) is 24.9. The summed E-state index contributed by atoms with van der Waals surface area (Å²) < 4.78 is 7.04. The van der Waals surface area contributed by atoms with Gasteiger partial charge in [0.2, 0.25) is 0 Å². The van der Waals surface area contributed by atoms with Crippen LogP contribution in [0.25, 0.3) is 22.0 Å². The van der Waals surface area contributed by atoms with E-state index in [1.807, 2.05) is 50.2 Å². The summed E-state index contributed by atoms with van der Waals surface area (Å²) in [6.45, 7) is 8.28. The van der Waals surface area contributed by atoms with Crippen molar-refractivity contribution in [1.29, 1.82) is 5.26 Å². The number of hydrogen-bond donors (Lipinski definition) is 1. The predicted molar refractivity (Wildman–Crippen MR) is 166 cm³/mol. The van der Waals surface area contributed by atoms with Crippen LogP contribution in [0, 0.1) is 31.1 Å². The Bertz CT molecular complexity index is 1560. The molecule has 42 heavy (non-hydrogen) atoms. The maximum Gasteiger partial charge on any atom is 0.251 e. The Hall–Kier alpha value is -4.32. The molecule has 0 unspecified atom stereocenters. The van der Waals surface area contributed by atoms with Gasteiger partial charge in [-0.05, 0) is 99.3 Å². The lowest BCUT2D eigenvalue weighted by Crippen LogP contribution is -2.31. The van der Waals surface area contributed by atoms with Gasteiger partial charge in [-0.25, -0.2) is 0 Å². The van der Waals surface area contributed by atoms with Gasteiger partial charge in [-0.1, -0.05) is 30.3 Å². The van der Waals surface area contributed by atoms with Crippen LogP contribution < -0.4 is 5.32 Å². The van der Waals surface area contributed by atoms with Crippen molar-refractivity contribution in [3.63, 3.8) is 0 Å². The Labute approximate surface area is 247 Å². The van der Waals surface area contributed by atoms with Crippen molar-refractivity contribution in [3.8, 4) is 17.2 Å². The number of carbonyl (C=O) groups excluding carboxylic acids is 2. The molecule has 218 valence electrons. The van der Waals surface area contributed by atoms with Crippen molar-refractivity contribution in [2.45, 2.75) is 33.2 Å². The molecular weight excluding hydrogens is 526 g/mol. The first kappa shape index (κ1) is 30.6. The van der Waals surface area contributed by atoms with E-state index in [2.05, 4.69) is 34.2 Å². The summed E-state index contributed by atoms with van der Waals surface area (Å²) in [7, 11) is 3.81. The van der Waals surface area contributed by atoms with E-state index in [4.69, 9.17) is 15.1 Å². The summed E-state index contributed by atoms with van der Waals surface area (Å²) in [5, 5.41) is 17.5. The van der Waals surface area contributed by atoms with Crippen molar-refractivity contribution in [2.24, 2.45) is 5.92 Å². The summed E-state index contributed by atoms with van der Waals surface area (Å²) in [4.78, 5) is 25.3. The third-order valence-corrected chi connectivity index (χ3v) is 7.84. The average molecular weight is 566 g/mol. The Morgan fingerprint density at radius 1 is 1.12 bits per heavy atom. The van der Waals surface area contributed by atoms with Crippen LogP contribution in [0.5, 0.6) is 0 Å². The van der Waals surface area contributed by atoms with E-state index in [9.17, 15) is 9.59 Å². The molecule has 4 aromatic rings. The average Bonchev–Trinajstić information content (AvgIpc) is 3.42. The molecular formula is C34H39N5O3. The highest BCUT2D eigenvalue weighted by molar-refractivity contribution is 6.00. The summed E-state index contributed by atoms with van der Waals surface area (Å²) in [6, 6.07) is 18.9. The number of likely N-dealkylation sites (tertiary alicyclic amines) is 1. The van der Waals surface area contributed by atoms with Crippen molar-refractivity contribution in [1.82, 2.24) is 20.0 Å². The number of nitrogens with one attached hydrogen (secondary N) is 1. The molecule has 0 saturated carbocycles. The number of nitrogens with zero attached hydrogens (tertiary/aromatic N) is 4. The largest absolute Gasteiger partial charge is 0.383 e. The Morgan fingerprint density at radius 2 is 1.86 bits per heavy atom. The van der Waals surface area contributed by atoms with Gasteiger partial charge in [0.1, 0.15) is 6.29 Å². The van der Waals surface area contributed by atoms with Gasteiger partial charge in [0.05, 0.1) is 23.8 Å². The number of fused-ring (bicyclic) bond motifs is 1. The van der Waals surface area contributed by atoms with Crippen molar-refractivity contribution in [2.75, 3.05) is 40.4 Å². The standard InChI is InChI=1S/C19H28N4O2.C15H11NO/c1-14-16(19(24)20-8-11-25-3)4-5-18-17(14)13-23(21-18)12-15-6-9-22(2)10-7-15;1-11-8-13(9-16)4-7-15(11)14-5-2-12(10-17)3-6-14/h4-5,13,15H,6-12H2,1-3H3,(H,20,24);2-8,10H,1H3. The monoisotopic (exact) mass is 565 g/mol. The molecule has 1 aromatic heterocycles. The topological polar surface area (TPSA) is 100 Å². The van der Waals surface area contributed by atoms with Gasteiger partial charge in [-0.2, -0.15) is 10.4 Å². The molecule has 0 bridgehead atoms. The third-order valence-electron chi connectivity index (χ3n) is 7.84. The van der Waals surface area contributed by atoms with Gasteiger partial charge in [0, 0.05) is 42.9 Å². The fourth-order valence-corrected chi connectivity index (χ4v) is 5.29. The summed E-state index contributed by atoms with van der Waals surface area (Å²) in [6.07, 6.45) is 5.36. The number of amides is 1. The molecule has 0 spiro atoms. The van der Waals surface area contributed by atoms with E-state index in [1.54, 1.807) is 25.3 Å². The van der Waals surface area contributed by atoms with Crippen LogP contribution in [0.15, 0.2) is 60.8 Å². The molecule has 1 aliphatic heterocycles. The maximum absolute atomic E-state index is 12.3.